The lowest BCUT2D eigenvalue weighted by molar-refractivity contribution is -0.137. The van der Waals surface area contributed by atoms with Gasteiger partial charge in [0.2, 0.25) is 0 Å². The second-order valence-electron chi connectivity index (χ2n) is 4.75. The summed E-state index contributed by atoms with van der Waals surface area (Å²) in [4.78, 5) is 22.8. The van der Waals surface area contributed by atoms with E-state index in [1.54, 1.807) is 12.1 Å². The molecule has 0 radical (unpaired) electrons. The van der Waals surface area contributed by atoms with E-state index in [0.717, 1.165) is 22.9 Å². The predicted octanol–water partition coefficient (Wildman–Crippen LogP) is 3.42. The Morgan fingerprint density at radius 2 is 2.00 bits per heavy atom. The molecule has 2 N–H and O–H groups in total. The summed E-state index contributed by atoms with van der Waals surface area (Å²) in [6, 6.07) is 6.14. The molecule has 0 unspecified atom stereocenters. The van der Waals surface area contributed by atoms with Gasteiger partial charge in [0.05, 0.1) is 4.88 Å². The zero-order valence-electron chi connectivity index (χ0n) is 11.4. The third-order valence-electron chi connectivity index (χ3n) is 3.06. The van der Waals surface area contributed by atoms with Gasteiger partial charge in [0, 0.05) is 17.7 Å². The van der Waals surface area contributed by atoms with E-state index >= 15 is 0 Å². The lowest BCUT2D eigenvalue weighted by Crippen LogP contribution is -2.23. The number of fused-ring (bicyclic) bond motifs is 1. The molecule has 1 heterocycles. The van der Waals surface area contributed by atoms with Crippen LogP contribution in [0.15, 0.2) is 24.3 Å². The van der Waals surface area contributed by atoms with Crippen LogP contribution in [0.1, 0.15) is 35.4 Å². The number of nitrogens with one attached hydrogen (secondary N) is 1. The maximum atomic E-state index is 13.1. The van der Waals surface area contributed by atoms with Gasteiger partial charge in [-0.2, -0.15) is 0 Å². The van der Waals surface area contributed by atoms with E-state index in [-0.39, 0.29) is 18.1 Å². The van der Waals surface area contributed by atoms with Gasteiger partial charge < -0.3 is 10.4 Å². The normalized spacial score (nSPS) is 10.7. The number of thiophene rings is 1. The second kappa shape index (κ2) is 7.17. The van der Waals surface area contributed by atoms with Crippen molar-refractivity contribution in [3.8, 4) is 0 Å². The number of aliphatic carboxylic acids is 1. The first-order valence-electron chi connectivity index (χ1n) is 6.75. The molecule has 0 fully saturated rings. The summed E-state index contributed by atoms with van der Waals surface area (Å²) in [5.41, 5.74) is 0. The summed E-state index contributed by atoms with van der Waals surface area (Å²) < 4.78 is 14.0. The molecule has 0 bridgehead atoms. The number of hydrogen-bond donors (Lipinski definition) is 2. The maximum Gasteiger partial charge on any atom is 0.303 e. The quantitative estimate of drug-likeness (QED) is 0.770. The number of carbonyl (C=O) groups excluding carboxylic acids is 1. The first-order chi connectivity index (χ1) is 10.1. The highest BCUT2D eigenvalue weighted by molar-refractivity contribution is 7.20. The number of rotatable bonds is 7. The smallest absolute Gasteiger partial charge is 0.303 e. The largest absolute Gasteiger partial charge is 0.481 e. The average Bonchev–Trinajstić information content (AvgIpc) is 2.85. The Bertz CT molecular complexity index is 653. The van der Waals surface area contributed by atoms with Crippen LogP contribution in [0.2, 0.25) is 0 Å². The monoisotopic (exact) mass is 309 g/mol. The Hall–Kier alpha value is -1.95. The fourth-order valence-corrected chi connectivity index (χ4v) is 2.95. The molecule has 0 aliphatic carbocycles. The number of amides is 1. The van der Waals surface area contributed by atoms with Crippen molar-refractivity contribution in [3.63, 3.8) is 0 Å². The van der Waals surface area contributed by atoms with Gasteiger partial charge in [0.15, 0.2) is 0 Å². The Kier molecular flexibility index (Phi) is 5.27. The van der Waals surface area contributed by atoms with Gasteiger partial charge in [-0.25, -0.2) is 4.39 Å². The summed E-state index contributed by atoms with van der Waals surface area (Å²) in [6.07, 6.45) is 2.30. The summed E-state index contributed by atoms with van der Waals surface area (Å²) in [6.45, 7) is 0.515. The highest BCUT2D eigenvalue weighted by atomic mass is 32.1. The van der Waals surface area contributed by atoms with E-state index in [0.29, 0.717) is 17.8 Å². The van der Waals surface area contributed by atoms with Gasteiger partial charge in [0.1, 0.15) is 5.82 Å². The molecule has 2 rings (SSSR count). The van der Waals surface area contributed by atoms with Crippen molar-refractivity contribution in [2.24, 2.45) is 0 Å². The summed E-state index contributed by atoms with van der Waals surface area (Å²) >= 11 is 1.33. The Morgan fingerprint density at radius 1 is 1.19 bits per heavy atom. The molecular formula is C15H16FNO3S. The van der Waals surface area contributed by atoms with Crippen molar-refractivity contribution < 1.29 is 19.1 Å². The van der Waals surface area contributed by atoms with Crippen LogP contribution < -0.4 is 5.32 Å². The summed E-state index contributed by atoms with van der Waals surface area (Å²) in [7, 11) is 0. The van der Waals surface area contributed by atoms with Crippen LogP contribution in [-0.4, -0.2) is 23.5 Å². The molecule has 0 aliphatic heterocycles. The fourth-order valence-electron chi connectivity index (χ4n) is 1.99. The van der Waals surface area contributed by atoms with E-state index in [9.17, 15) is 14.0 Å². The number of carbonyl (C=O) groups is 2. The molecule has 0 saturated heterocycles. The summed E-state index contributed by atoms with van der Waals surface area (Å²) in [5.74, 6) is -1.28. The number of hydrogen-bond acceptors (Lipinski definition) is 3. The molecule has 1 aromatic heterocycles. The van der Waals surface area contributed by atoms with E-state index in [1.165, 1.54) is 23.5 Å². The van der Waals surface area contributed by atoms with Crippen molar-refractivity contribution in [1.29, 1.82) is 0 Å². The molecule has 6 heteroatoms. The minimum Gasteiger partial charge on any atom is -0.481 e. The predicted molar refractivity (Wildman–Crippen MR) is 80.2 cm³/mol. The molecule has 0 spiro atoms. The first kappa shape index (κ1) is 15.4. The van der Waals surface area contributed by atoms with Gasteiger partial charge in [-0.05, 0) is 42.5 Å². The lowest BCUT2D eigenvalue weighted by Gasteiger charge is -2.02. The molecule has 0 aliphatic rings. The topological polar surface area (TPSA) is 66.4 Å². The lowest BCUT2D eigenvalue weighted by atomic mass is 10.2. The van der Waals surface area contributed by atoms with Crippen molar-refractivity contribution >= 4 is 33.3 Å². The van der Waals surface area contributed by atoms with E-state index in [1.807, 2.05) is 0 Å². The van der Waals surface area contributed by atoms with Gasteiger partial charge >= 0.3 is 5.97 Å². The molecule has 1 amide bonds. The van der Waals surface area contributed by atoms with Crippen LogP contribution in [0.25, 0.3) is 10.1 Å². The first-order valence-corrected chi connectivity index (χ1v) is 7.57. The van der Waals surface area contributed by atoms with Gasteiger partial charge in [-0.15, -0.1) is 11.3 Å². The number of carboxylic acid groups (broad SMARTS) is 1. The molecule has 2 aromatic rings. The zero-order chi connectivity index (χ0) is 15.2. The van der Waals surface area contributed by atoms with Crippen LogP contribution in [0.3, 0.4) is 0 Å². The standard InChI is InChI=1S/C15H16FNO3S/c16-11-5-6-12-10(8-11)9-13(21-12)15(20)17-7-3-1-2-4-14(18)19/h5-6,8-9H,1-4,7H2,(H,17,20)(H,18,19). The molecule has 0 saturated carbocycles. The molecule has 112 valence electrons. The molecule has 0 atom stereocenters. The Balaban J connectivity index is 1.81. The van der Waals surface area contributed by atoms with Gasteiger partial charge in [0.25, 0.3) is 5.91 Å². The third-order valence-corrected chi connectivity index (χ3v) is 4.17. The van der Waals surface area contributed by atoms with Gasteiger partial charge in [-0.3, -0.25) is 9.59 Å². The van der Waals surface area contributed by atoms with Crippen molar-refractivity contribution in [1.82, 2.24) is 5.32 Å². The number of halogens is 1. The van der Waals surface area contributed by atoms with E-state index in [4.69, 9.17) is 5.11 Å². The molecule has 4 nitrogen and oxygen atoms in total. The number of unbranched alkanes of at least 4 members (excludes halogenated alkanes) is 2. The Labute approximate surface area is 125 Å². The highest BCUT2D eigenvalue weighted by Crippen LogP contribution is 2.26. The minimum absolute atomic E-state index is 0.163. The van der Waals surface area contributed by atoms with Crippen LogP contribution in [0, 0.1) is 5.82 Å². The highest BCUT2D eigenvalue weighted by Gasteiger charge is 2.10. The Morgan fingerprint density at radius 3 is 2.76 bits per heavy atom. The second-order valence-corrected chi connectivity index (χ2v) is 5.84. The van der Waals surface area contributed by atoms with Crippen molar-refractivity contribution in [2.45, 2.75) is 25.7 Å². The zero-order valence-corrected chi connectivity index (χ0v) is 12.2. The van der Waals surface area contributed by atoms with Crippen LogP contribution in [0.4, 0.5) is 4.39 Å². The van der Waals surface area contributed by atoms with E-state index in [2.05, 4.69) is 5.32 Å². The van der Waals surface area contributed by atoms with Crippen LogP contribution in [0.5, 0.6) is 0 Å². The third kappa shape index (κ3) is 4.53. The molecular weight excluding hydrogens is 293 g/mol. The molecule has 1 aromatic carbocycles. The molecule has 21 heavy (non-hydrogen) atoms. The minimum atomic E-state index is -0.795. The maximum absolute atomic E-state index is 13.1. The number of benzene rings is 1. The SMILES string of the molecule is O=C(O)CCCCCNC(=O)c1cc2cc(F)ccc2s1. The summed E-state index contributed by atoms with van der Waals surface area (Å²) in [5, 5.41) is 12.0. The van der Waals surface area contributed by atoms with Crippen LogP contribution >= 0.6 is 11.3 Å². The number of carboxylic acids is 1. The van der Waals surface area contributed by atoms with Crippen molar-refractivity contribution in [3.05, 3.63) is 35.0 Å². The van der Waals surface area contributed by atoms with Gasteiger partial charge in [-0.1, -0.05) is 6.42 Å². The van der Waals surface area contributed by atoms with E-state index < -0.39 is 5.97 Å². The fraction of sp³-hybridized carbons (Fsp3) is 0.333. The van der Waals surface area contributed by atoms with Crippen molar-refractivity contribution in [2.75, 3.05) is 6.54 Å². The average molecular weight is 309 g/mol. The van der Waals surface area contributed by atoms with Crippen LogP contribution in [-0.2, 0) is 4.79 Å².